The van der Waals surface area contributed by atoms with E-state index in [1.54, 1.807) is 0 Å². The van der Waals surface area contributed by atoms with Gasteiger partial charge in [-0.3, -0.25) is 0 Å². The molecule has 0 saturated heterocycles. The molecule has 0 bridgehead atoms. The Morgan fingerprint density at radius 1 is 0.587 bits per heavy atom. The Labute approximate surface area is 269 Å². The Morgan fingerprint density at radius 3 is 2.07 bits per heavy atom. The van der Waals surface area contributed by atoms with E-state index in [-0.39, 0.29) is 0 Å². The van der Waals surface area contributed by atoms with Crippen LogP contribution in [0.15, 0.2) is 158 Å². The van der Waals surface area contributed by atoms with Crippen LogP contribution >= 0.6 is 0 Å². The van der Waals surface area contributed by atoms with Crippen LogP contribution in [0, 0.1) is 11.3 Å². The molecule has 0 radical (unpaired) electrons. The summed E-state index contributed by atoms with van der Waals surface area (Å²) >= 11 is 0. The SMILES string of the molecule is C=C1CC/C=C\N(c2cccc(C#N)c2)c2ccc(-c3ccc(-c4ccc5c(c4)c4ccccc4n5-c4ccccc4)cc3)cc21. The summed E-state index contributed by atoms with van der Waals surface area (Å²) in [5.41, 5.74) is 13.2. The molecule has 8 rings (SSSR count). The summed E-state index contributed by atoms with van der Waals surface area (Å²) in [5, 5.41) is 12.0. The van der Waals surface area contributed by atoms with Crippen LogP contribution < -0.4 is 4.90 Å². The quantitative estimate of drug-likeness (QED) is 0.205. The topological polar surface area (TPSA) is 32.0 Å². The third-order valence-corrected chi connectivity index (χ3v) is 9.00. The maximum atomic E-state index is 9.48. The zero-order valence-corrected chi connectivity index (χ0v) is 25.4. The first-order valence-corrected chi connectivity index (χ1v) is 15.7. The smallest absolute Gasteiger partial charge is 0.0992 e. The van der Waals surface area contributed by atoms with Gasteiger partial charge < -0.3 is 9.47 Å². The van der Waals surface area contributed by atoms with Crippen molar-refractivity contribution in [3.63, 3.8) is 0 Å². The van der Waals surface area contributed by atoms with Crippen molar-refractivity contribution >= 4 is 38.8 Å². The maximum absolute atomic E-state index is 9.48. The number of anilines is 2. The van der Waals surface area contributed by atoms with E-state index in [1.165, 1.54) is 38.6 Å². The number of rotatable bonds is 4. The number of hydrogen-bond acceptors (Lipinski definition) is 2. The molecule has 1 aliphatic rings. The lowest BCUT2D eigenvalue weighted by atomic mass is 9.93. The monoisotopic (exact) mass is 589 g/mol. The first-order chi connectivity index (χ1) is 22.7. The van der Waals surface area contributed by atoms with Gasteiger partial charge in [0.25, 0.3) is 0 Å². The highest BCUT2D eigenvalue weighted by Gasteiger charge is 2.18. The fourth-order valence-corrected chi connectivity index (χ4v) is 6.67. The number of para-hydroxylation sites is 2. The number of nitrogens with zero attached hydrogens (tertiary/aromatic N) is 3. The Bertz CT molecular complexity index is 2330. The predicted octanol–water partition coefficient (Wildman–Crippen LogP) is 11.4. The molecule has 6 aromatic carbocycles. The minimum absolute atomic E-state index is 0.645. The molecule has 0 aliphatic carbocycles. The van der Waals surface area contributed by atoms with Crippen molar-refractivity contribution in [3.05, 3.63) is 170 Å². The van der Waals surface area contributed by atoms with Crippen molar-refractivity contribution < 1.29 is 0 Å². The van der Waals surface area contributed by atoms with Gasteiger partial charge in [-0.25, -0.2) is 0 Å². The third-order valence-electron chi connectivity index (χ3n) is 9.00. The second-order valence-electron chi connectivity index (χ2n) is 11.8. The summed E-state index contributed by atoms with van der Waals surface area (Å²) in [7, 11) is 0. The average molecular weight is 590 g/mol. The maximum Gasteiger partial charge on any atom is 0.0992 e. The minimum Gasteiger partial charge on any atom is -0.317 e. The van der Waals surface area contributed by atoms with Crippen molar-refractivity contribution in [3.8, 4) is 34.0 Å². The van der Waals surface area contributed by atoms with Gasteiger partial charge in [0.05, 0.1) is 28.4 Å². The van der Waals surface area contributed by atoms with Crippen LogP contribution in [-0.2, 0) is 0 Å². The van der Waals surface area contributed by atoms with Crippen molar-refractivity contribution in [2.45, 2.75) is 12.8 Å². The van der Waals surface area contributed by atoms with Gasteiger partial charge in [-0.2, -0.15) is 5.26 Å². The zero-order valence-electron chi connectivity index (χ0n) is 25.4. The standard InChI is InChI=1S/C43H31N3/c1-30-10-7-8-25-45(37-14-9-11-31(26-37)29-44)41-23-21-34(27-39(30)41)32-17-19-33(20-18-32)35-22-24-43-40(28-35)38-15-5-6-16-42(38)46(43)36-12-3-2-4-13-36/h2-6,8-9,11-28H,1,7,10H2/b25-8-. The molecule has 0 unspecified atom stereocenters. The third kappa shape index (κ3) is 4.78. The van der Waals surface area contributed by atoms with Crippen LogP contribution in [0.25, 0.3) is 55.3 Å². The molecule has 46 heavy (non-hydrogen) atoms. The van der Waals surface area contributed by atoms with Gasteiger partial charge in [-0.05, 0) is 101 Å². The van der Waals surface area contributed by atoms with E-state index >= 15 is 0 Å². The predicted molar refractivity (Wildman–Crippen MR) is 192 cm³/mol. The molecule has 0 saturated carbocycles. The van der Waals surface area contributed by atoms with E-state index in [4.69, 9.17) is 0 Å². The van der Waals surface area contributed by atoms with Crippen LogP contribution in [0.1, 0.15) is 24.0 Å². The van der Waals surface area contributed by atoms with E-state index in [1.807, 2.05) is 24.3 Å². The summed E-state index contributed by atoms with van der Waals surface area (Å²) in [5.74, 6) is 0. The lowest BCUT2D eigenvalue weighted by molar-refractivity contribution is 1.04. The van der Waals surface area contributed by atoms with Crippen molar-refractivity contribution in [2.75, 3.05) is 4.90 Å². The van der Waals surface area contributed by atoms with Crippen LogP contribution in [0.3, 0.4) is 0 Å². The largest absolute Gasteiger partial charge is 0.317 e. The summed E-state index contributed by atoms with van der Waals surface area (Å²) in [4.78, 5) is 2.16. The second kappa shape index (κ2) is 11.4. The van der Waals surface area contributed by atoms with Crippen LogP contribution in [0.4, 0.5) is 11.4 Å². The van der Waals surface area contributed by atoms with Crippen molar-refractivity contribution in [2.24, 2.45) is 0 Å². The van der Waals surface area contributed by atoms with E-state index in [0.717, 1.165) is 46.5 Å². The fraction of sp³-hybridized carbons (Fsp3) is 0.0465. The molecular weight excluding hydrogens is 558 g/mol. The molecule has 0 amide bonds. The number of nitriles is 1. The number of allylic oxidation sites excluding steroid dienone is 2. The molecular formula is C43H31N3. The van der Waals surface area contributed by atoms with Crippen LogP contribution in [0.5, 0.6) is 0 Å². The molecule has 1 aromatic heterocycles. The molecule has 0 atom stereocenters. The molecule has 3 nitrogen and oxygen atoms in total. The molecule has 2 heterocycles. The summed E-state index contributed by atoms with van der Waals surface area (Å²) in [6.07, 6.45) is 6.11. The first-order valence-electron chi connectivity index (χ1n) is 15.7. The van der Waals surface area contributed by atoms with Crippen molar-refractivity contribution in [1.29, 1.82) is 5.26 Å². The molecule has 0 fully saturated rings. The normalized spacial score (nSPS) is 13.6. The highest BCUT2D eigenvalue weighted by atomic mass is 15.1. The number of hydrogen-bond donors (Lipinski definition) is 0. The van der Waals surface area contributed by atoms with Gasteiger partial charge in [0.2, 0.25) is 0 Å². The lowest BCUT2D eigenvalue weighted by Gasteiger charge is -2.27. The second-order valence-corrected chi connectivity index (χ2v) is 11.8. The fourth-order valence-electron chi connectivity index (χ4n) is 6.67. The van der Waals surface area contributed by atoms with Crippen molar-refractivity contribution in [1.82, 2.24) is 4.57 Å². The van der Waals surface area contributed by atoms with Crippen LogP contribution in [0.2, 0.25) is 0 Å². The first kappa shape index (κ1) is 27.4. The molecule has 7 aromatic rings. The molecule has 3 heteroatoms. The Balaban J connectivity index is 1.16. The van der Waals surface area contributed by atoms with Gasteiger partial charge >= 0.3 is 0 Å². The lowest BCUT2D eigenvalue weighted by Crippen LogP contribution is -2.12. The summed E-state index contributed by atoms with van der Waals surface area (Å²) < 4.78 is 2.35. The number of benzene rings is 6. The average Bonchev–Trinajstić information content (AvgIpc) is 3.45. The number of aromatic nitrogens is 1. The van der Waals surface area contributed by atoms with Gasteiger partial charge in [0.15, 0.2) is 0 Å². The Morgan fingerprint density at radius 2 is 1.26 bits per heavy atom. The van der Waals surface area contributed by atoms with E-state index in [9.17, 15) is 5.26 Å². The van der Waals surface area contributed by atoms with E-state index in [0.29, 0.717) is 5.56 Å². The molecule has 0 N–H and O–H groups in total. The summed E-state index contributed by atoms with van der Waals surface area (Å²) in [6, 6.07) is 51.5. The van der Waals surface area contributed by atoms with Gasteiger partial charge in [0, 0.05) is 33.9 Å². The Kier molecular flexibility index (Phi) is 6.82. The Hall–Kier alpha value is -6.11. The zero-order chi connectivity index (χ0) is 31.0. The highest BCUT2D eigenvalue weighted by molar-refractivity contribution is 6.10. The molecule has 218 valence electrons. The van der Waals surface area contributed by atoms with Gasteiger partial charge in [-0.1, -0.05) is 91.5 Å². The van der Waals surface area contributed by atoms with Gasteiger partial charge in [-0.15, -0.1) is 0 Å². The number of fused-ring (bicyclic) bond motifs is 4. The molecule has 0 spiro atoms. The van der Waals surface area contributed by atoms with E-state index < -0.39 is 0 Å². The summed E-state index contributed by atoms with van der Waals surface area (Å²) in [6.45, 7) is 4.46. The molecule has 1 aliphatic heterocycles. The minimum atomic E-state index is 0.645. The van der Waals surface area contributed by atoms with Gasteiger partial charge in [0.1, 0.15) is 0 Å². The highest BCUT2D eigenvalue weighted by Crippen LogP contribution is 2.40. The van der Waals surface area contributed by atoms with E-state index in [2.05, 4.69) is 150 Å². The van der Waals surface area contributed by atoms with Crippen LogP contribution in [-0.4, -0.2) is 4.57 Å².